The molecule has 0 spiro atoms. The van der Waals surface area contributed by atoms with Crippen LogP contribution in [0.25, 0.3) is 11.1 Å². The summed E-state index contributed by atoms with van der Waals surface area (Å²) < 4.78 is 14.5. The lowest BCUT2D eigenvalue weighted by Crippen LogP contribution is -2.18. The third kappa shape index (κ3) is 2.91. The molecule has 2 aromatic rings. The summed E-state index contributed by atoms with van der Waals surface area (Å²) in [5, 5.41) is 0.167. The first-order valence-corrected chi connectivity index (χ1v) is 6.87. The highest BCUT2D eigenvalue weighted by molar-refractivity contribution is 9.10. The average molecular weight is 372 g/mol. The van der Waals surface area contributed by atoms with Gasteiger partial charge in [0.2, 0.25) is 11.8 Å². The SMILES string of the molecule is NC(=O)c1cccc(C(N)=O)c1-c1c(F)cc(Cl)cc1Br. The predicted molar refractivity (Wildman–Crippen MR) is 81.6 cm³/mol. The molecule has 0 fully saturated rings. The van der Waals surface area contributed by atoms with Crippen molar-refractivity contribution in [1.82, 2.24) is 0 Å². The molecular weight excluding hydrogens is 363 g/mol. The molecule has 21 heavy (non-hydrogen) atoms. The molecule has 0 aromatic heterocycles. The lowest BCUT2D eigenvalue weighted by atomic mass is 9.93. The second-order valence-electron chi connectivity index (χ2n) is 4.20. The molecule has 108 valence electrons. The van der Waals surface area contributed by atoms with Gasteiger partial charge in [0.1, 0.15) is 5.82 Å². The second-order valence-corrected chi connectivity index (χ2v) is 5.49. The van der Waals surface area contributed by atoms with E-state index in [2.05, 4.69) is 15.9 Å². The van der Waals surface area contributed by atoms with E-state index in [4.69, 9.17) is 23.1 Å². The van der Waals surface area contributed by atoms with Gasteiger partial charge < -0.3 is 11.5 Å². The molecule has 0 aliphatic heterocycles. The number of nitrogens with two attached hydrogens (primary N) is 2. The Bertz CT molecular complexity index is 709. The number of rotatable bonds is 3. The molecule has 0 radical (unpaired) electrons. The largest absolute Gasteiger partial charge is 0.366 e. The van der Waals surface area contributed by atoms with Gasteiger partial charge in [-0.1, -0.05) is 17.7 Å². The standard InChI is InChI=1S/C14H9BrClFN2O2/c15-9-4-6(16)5-10(17)12(9)11-7(13(18)20)2-1-3-8(11)14(19)21/h1-5H,(H2,18,20)(H2,19,21). The van der Waals surface area contributed by atoms with E-state index in [1.165, 1.54) is 24.3 Å². The van der Waals surface area contributed by atoms with Crippen LogP contribution < -0.4 is 11.5 Å². The van der Waals surface area contributed by atoms with E-state index in [1.54, 1.807) is 0 Å². The lowest BCUT2D eigenvalue weighted by molar-refractivity contribution is 0.0999. The van der Waals surface area contributed by atoms with Crippen LogP contribution in [0.2, 0.25) is 5.02 Å². The lowest BCUT2D eigenvalue weighted by Gasteiger charge is -2.14. The summed E-state index contributed by atoms with van der Waals surface area (Å²) in [6.07, 6.45) is 0. The first kappa shape index (κ1) is 15.5. The zero-order valence-electron chi connectivity index (χ0n) is 10.5. The number of amides is 2. The third-order valence-electron chi connectivity index (χ3n) is 2.85. The van der Waals surface area contributed by atoms with Crippen molar-refractivity contribution < 1.29 is 14.0 Å². The Morgan fingerprint density at radius 1 is 1.05 bits per heavy atom. The average Bonchev–Trinajstić information content (AvgIpc) is 2.37. The fraction of sp³-hybridized carbons (Fsp3) is 0. The normalized spacial score (nSPS) is 10.4. The van der Waals surface area contributed by atoms with Crippen molar-refractivity contribution in [1.29, 1.82) is 0 Å². The first-order chi connectivity index (χ1) is 9.82. The molecule has 0 atom stereocenters. The Morgan fingerprint density at radius 2 is 1.57 bits per heavy atom. The number of halogens is 3. The van der Waals surface area contributed by atoms with Gasteiger partial charge in [-0.05, 0) is 40.2 Å². The zero-order valence-corrected chi connectivity index (χ0v) is 12.8. The summed E-state index contributed by atoms with van der Waals surface area (Å²) in [4.78, 5) is 23.1. The fourth-order valence-electron chi connectivity index (χ4n) is 2.01. The Labute approximate surface area is 133 Å². The van der Waals surface area contributed by atoms with E-state index >= 15 is 0 Å². The minimum Gasteiger partial charge on any atom is -0.366 e. The van der Waals surface area contributed by atoms with Crippen LogP contribution in [-0.4, -0.2) is 11.8 Å². The molecular formula is C14H9BrClFN2O2. The number of hydrogen-bond donors (Lipinski definition) is 2. The fourth-order valence-corrected chi connectivity index (χ4v) is 2.98. The maximum Gasteiger partial charge on any atom is 0.249 e. The van der Waals surface area contributed by atoms with Crippen LogP contribution in [-0.2, 0) is 0 Å². The molecule has 2 aromatic carbocycles. The van der Waals surface area contributed by atoms with Crippen LogP contribution >= 0.6 is 27.5 Å². The van der Waals surface area contributed by atoms with Crippen LogP contribution in [0, 0.1) is 5.82 Å². The van der Waals surface area contributed by atoms with Crippen molar-refractivity contribution in [2.75, 3.05) is 0 Å². The van der Waals surface area contributed by atoms with E-state index in [0.717, 1.165) is 6.07 Å². The van der Waals surface area contributed by atoms with Crippen molar-refractivity contribution in [3.8, 4) is 11.1 Å². The summed E-state index contributed by atoms with van der Waals surface area (Å²) in [5.41, 5.74) is 10.6. The molecule has 4 nitrogen and oxygen atoms in total. The molecule has 0 saturated heterocycles. The van der Waals surface area contributed by atoms with Crippen LogP contribution in [0.1, 0.15) is 20.7 Å². The topological polar surface area (TPSA) is 86.2 Å². The van der Waals surface area contributed by atoms with Gasteiger partial charge in [-0.25, -0.2) is 4.39 Å². The number of carbonyl (C=O) groups is 2. The summed E-state index contributed by atoms with van der Waals surface area (Å²) in [5.74, 6) is -2.30. The van der Waals surface area contributed by atoms with Gasteiger partial charge in [0.05, 0.1) is 0 Å². The molecule has 0 bridgehead atoms. The molecule has 0 saturated carbocycles. The number of carbonyl (C=O) groups excluding carboxylic acids is 2. The molecule has 0 unspecified atom stereocenters. The van der Waals surface area contributed by atoms with Crippen molar-refractivity contribution in [2.24, 2.45) is 11.5 Å². The molecule has 7 heteroatoms. The predicted octanol–water partition coefficient (Wildman–Crippen LogP) is 3.11. The van der Waals surface area contributed by atoms with E-state index in [0.29, 0.717) is 0 Å². The highest BCUT2D eigenvalue weighted by Crippen LogP contribution is 2.37. The summed E-state index contributed by atoms with van der Waals surface area (Å²) >= 11 is 8.93. The Balaban J connectivity index is 2.91. The van der Waals surface area contributed by atoms with E-state index in [1.807, 2.05) is 0 Å². The van der Waals surface area contributed by atoms with Crippen LogP contribution in [0.3, 0.4) is 0 Å². The first-order valence-electron chi connectivity index (χ1n) is 5.70. The molecule has 0 aliphatic rings. The van der Waals surface area contributed by atoms with Crippen molar-refractivity contribution in [3.05, 3.63) is 56.8 Å². The van der Waals surface area contributed by atoms with Gasteiger partial charge >= 0.3 is 0 Å². The van der Waals surface area contributed by atoms with E-state index in [-0.39, 0.29) is 31.7 Å². The highest BCUT2D eigenvalue weighted by atomic mass is 79.9. The smallest absolute Gasteiger partial charge is 0.249 e. The van der Waals surface area contributed by atoms with Crippen LogP contribution in [0.15, 0.2) is 34.8 Å². The summed E-state index contributed by atoms with van der Waals surface area (Å²) in [6, 6.07) is 6.76. The summed E-state index contributed by atoms with van der Waals surface area (Å²) in [7, 11) is 0. The Morgan fingerprint density at radius 3 is 2.00 bits per heavy atom. The maximum atomic E-state index is 14.3. The number of primary amides is 2. The van der Waals surface area contributed by atoms with Crippen molar-refractivity contribution in [3.63, 3.8) is 0 Å². The van der Waals surface area contributed by atoms with Gasteiger partial charge in [0.25, 0.3) is 0 Å². The maximum absolute atomic E-state index is 14.3. The van der Waals surface area contributed by atoms with Crippen molar-refractivity contribution in [2.45, 2.75) is 0 Å². The van der Waals surface area contributed by atoms with E-state index in [9.17, 15) is 14.0 Å². The third-order valence-corrected chi connectivity index (χ3v) is 3.70. The van der Waals surface area contributed by atoms with Gasteiger partial charge in [-0.2, -0.15) is 0 Å². The number of benzene rings is 2. The Hall–Kier alpha value is -1.92. The number of hydrogen-bond acceptors (Lipinski definition) is 2. The van der Waals surface area contributed by atoms with E-state index < -0.39 is 17.6 Å². The van der Waals surface area contributed by atoms with Gasteiger partial charge in [-0.15, -0.1) is 0 Å². The second kappa shape index (κ2) is 5.83. The molecule has 2 amide bonds. The van der Waals surface area contributed by atoms with Crippen LogP contribution in [0.4, 0.5) is 4.39 Å². The quantitative estimate of drug-likeness (QED) is 0.868. The monoisotopic (exact) mass is 370 g/mol. The van der Waals surface area contributed by atoms with Gasteiger partial charge in [-0.3, -0.25) is 9.59 Å². The molecule has 2 rings (SSSR count). The Kier molecular flexibility index (Phi) is 4.29. The minimum atomic E-state index is -0.797. The van der Waals surface area contributed by atoms with Gasteiger partial charge in [0, 0.05) is 31.7 Å². The minimum absolute atomic E-state index is 0.00241. The molecule has 4 N–H and O–H groups in total. The summed E-state index contributed by atoms with van der Waals surface area (Å²) in [6.45, 7) is 0. The zero-order chi connectivity index (χ0) is 15.7. The van der Waals surface area contributed by atoms with Crippen LogP contribution in [0.5, 0.6) is 0 Å². The molecule has 0 aliphatic carbocycles. The highest BCUT2D eigenvalue weighted by Gasteiger charge is 2.22. The van der Waals surface area contributed by atoms with Gasteiger partial charge in [0.15, 0.2) is 0 Å². The van der Waals surface area contributed by atoms with Crippen molar-refractivity contribution >= 4 is 39.3 Å². The molecule has 0 heterocycles.